The van der Waals surface area contributed by atoms with Gasteiger partial charge in [-0.05, 0) is 71.8 Å². The van der Waals surface area contributed by atoms with Gasteiger partial charge in [0.25, 0.3) is 0 Å². The number of carbonyl (C=O) groups excluding carboxylic acids is 1. The Morgan fingerprint density at radius 3 is 2.38 bits per heavy atom. The van der Waals surface area contributed by atoms with Crippen molar-refractivity contribution in [1.29, 1.82) is 5.41 Å². The fourth-order valence-corrected chi connectivity index (χ4v) is 6.53. The van der Waals surface area contributed by atoms with Crippen molar-refractivity contribution in [1.82, 2.24) is 14.2 Å². The molecule has 16 heteroatoms. The number of carbonyl (C=O) groups is 2. The molecule has 0 bridgehead atoms. The van der Waals surface area contributed by atoms with Crippen LogP contribution in [0.25, 0.3) is 10.8 Å². The molecule has 47 heavy (non-hydrogen) atoms. The lowest BCUT2D eigenvalue weighted by Crippen LogP contribution is -2.45. The number of alkyl halides is 3. The largest absolute Gasteiger partial charge is 0.497 e. The van der Waals surface area contributed by atoms with E-state index in [1.54, 1.807) is 74.0 Å². The number of benzene rings is 3. The predicted molar refractivity (Wildman–Crippen MR) is 167 cm³/mol. The number of hydrogen-bond acceptors (Lipinski definition) is 8. The molecule has 1 aromatic heterocycles. The van der Waals surface area contributed by atoms with Gasteiger partial charge >= 0.3 is 12.1 Å². The van der Waals surface area contributed by atoms with Crippen molar-refractivity contribution in [3.8, 4) is 5.75 Å². The first-order valence-electron chi connectivity index (χ1n) is 14.0. The van der Waals surface area contributed by atoms with E-state index in [0.717, 1.165) is 5.39 Å². The number of halogens is 3. The zero-order valence-electron chi connectivity index (χ0n) is 24.9. The summed E-state index contributed by atoms with van der Waals surface area (Å²) in [5.41, 5.74) is 13.7. The summed E-state index contributed by atoms with van der Waals surface area (Å²) in [5, 5.41) is 16.6. The number of carboxylic acids is 1. The van der Waals surface area contributed by atoms with Crippen LogP contribution in [0.5, 0.6) is 5.75 Å². The van der Waals surface area contributed by atoms with Gasteiger partial charge in [-0.2, -0.15) is 17.5 Å². The third-order valence-electron chi connectivity index (χ3n) is 7.27. The summed E-state index contributed by atoms with van der Waals surface area (Å²) < 4.78 is 67.5. The van der Waals surface area contributed by atoms with E-state index in [4.69, 9.17) is 31.5 Å². The van der Waals surface area contributed by atoms with Gasteiger partial charge in [0.05, 0.1) is 24.2 Å². The Morgan fingerprint density at radius 2 is 1.81 bits per heavy atom. The van der Waals surface area contributed by atoms with E-state index >= 15 is 0 Å². The number of sulfonamides is 1. The van der Waals surface area contributed by atoms with Crippen molar-refractivity contribution in [2.24, 2.45) is 5.73 Å². The highest BCUT2D eigenvalue weighted by molar-refractivity contribution is 7.89. The van der Waals surface area contributed by atoms with Crippen molar-refractivity contribution >= 4 is 44.2 Å². The first-order chi connectivity index (χ1) is 22.1. The van der Waals surface area contributed by atoms with Gasteiger partial charge in [0.15, 0.2) is 0 Å². The Hall–Kier alpha value is -5.22. The molecule has 3 aromatic carbocycles. The van der Waals surface area contributed by atoms with Gasteiger partial charge in [0.2, 0.25) is 15.9 Å². The maximum Gasteiger partial charge on any atom is 0.490 e. The number of amidine groups is 1. The highest BCUT2D eigenvalue weighted by Gasteiger charge is 2.41. The van der Waals surface area contributed by atoms with Crippen LogP contribution in [0.2, 0.25) is 0 Å². The number of rotatable bonds is 9. The molecule has 0 aliphatic carbocycles. The van der Waals surface area contributed by atoms with Crippen LogP contribution < -0.4 is 16.2 Å². The fraction of sp³-hybridized carbons (Fsp3) is 0.226. The number of methoxy groups -OCH3 is 1. The summed E-state index contributed by atoms with van der Waals surface area (Å²) in [6, 6.07) is 20.3. The predicted octanol–water partition coefficient (Wildman–Crippen LogP) is 4.26. The topological polar surface area (TPSA) is 193 Å². The number of pyridine rings is 1. The molecule has 1 aliphatic heterocycles. The number of hydrogen-bond donors (Lipinski definition) is 4. The molecule has 1 atom stereocenters. The summed E-state index contributed by atoms with van der Waals surface area (Å²) in [7, 11) is -2.70. The number of aromatic nitrogens is 1. The number of ether oxygens (including phenoxy) is 1. The number of nitrogens with zero attached hydrogens (tertiary/aromatic N) is 3. The molecule has 2 heterocycles. The third kappa shape index (κ3) is 7.96. The quantitative estimate of drug-likeness (QED) is 0.114. The van der Waals surface area contributed by atoms with Crippen LogP contribution in [0.3, 0.4) is 0 Å². The summed E-state index contributed by atoms with van der Waals surface area (Å²) in [4.78, 5) is 28.0. The molecule has 1 amide bonds. The van der Waals surface area contributed by atoms with Crippen LogP contribution in [0.4, 0.5) is 18.9 Å². The van der Waals surface area contributed by atoms with E-state index in [2.05, 4.69) is 4.98 Å². The minimum Gasteiger partial charge on any atom is -0.497 e. The Morgan fingerprint density at radius 1 is 1.11 bits per heavy atom. The van der Waals surface area contributed by atoms with Crippen molar-refractivity contribution in [3.63, 3.8) is 0 Å². The fourth-order valence-electron chi connectivity index (χ4n) is 4.95. The monoisotopic (exact) mass is 672 g/mol. The van der Waals surface area contributed by atoms with Gasteiger partial charge < -0.3 is 26.2 Å². The number of amides is 1. The Balaban J connectivity index is 0.000000644. The maximum atomic E-state index is 14.6. The first kappa shape index (κ1) is 34.6. The smallest absolute Gasteiger partial charge is 0.490 e. The van der Waals surface area contributed by atoms with E-state index in [9.17, 15) is 26.4 Å². The van der Waals surface area contributed by atoms with E-state index in [1.807, 2.05) is 12.1 Å². The number of nitrogen functional groups attached to an aromatic ring is 2. The minimum absolute atomic E-state index is 0.0436. The molecular formula is C31H31F3N6O6S. The standard InChI is InChI=1S/C29H30N6O4S.C2HF3O2/c1-39-23-10-7-19-8-11-24(16-21(19)15-23)40(37,38)35(18-22-5-2-3-13-33-22)29(34-14-4-6-27(34)36)25-17-20(28(31)32)9-12-26(25)30;3-2(4,5)1(6)7/h2-3,5,7-13,15-17,29H,4,6,14,18,30H2,1H3,(H3,31,32);(H,6,7). The summed E-state index contributed by atoms with van der Waals surface area (Å²) >= 11 is 0. The van der Waals surface area contributed by atoms with E-state index in [1.165, 1.54) is 9.21 Å². The molecule has 5 rings (SSSR count). The van der Waals surface area contributed by atoms with E-state index in [0.29, 0.717) is 40.9 Å². The van der Waals surface area contributed by atoms with Crippen molar-refractivity contribution in [2.45, 2.75) is 36.6 Å². The lowest BCUT2D eigenvalue weighted by molar-refractivity contribution is -0.192. The molecule has 0 saturated carbocycles. The number of aliphatic carboxylic acids is 1. The summed E-state index contributed by atoms with van der Waals surface area (Å²) in [6.07, 6.45) is -3.73. The van der Waals surface area contributed by atoms with Crippen molar-refractivity contribution < 1.29 is 41.0 Å². The highest BCUT2D eigenvalue weighted by atomic mass is 32.2. The zero-order valence-corrected chi connectivity index (χ0v) is 25.8. The van der Waals surface area contributed by atoms with Gasteiger partial charge in [-0.1, -0.05) is 18.2 Å². The normalized spacial score (nSPS) is 14.1. The zero-order chi connectivity index (χ0) is 34.5. The number of nitrogens with two attached hydrogens (primary N) is 2. The molecule has 1 unspecified atom stereocenters. The highest BCUT2D eigenvalue weighted by Crippen LogP contribution is 2.38. The lowest BCUT2D eigenvalue weighted by atomic mass is 10.0. The van der Waals surface area contributed by atoms with Crippen LogP contribution >= 0.6 is 0 Å². The summed E-state index contributed by atoms with van der Waals surface area (Å²) in [5.74, 6) is -2.55. The van der Waals surface area contributed by atoms with Crippen molar-refractivity contribution in [2.75, 3.05) is 19.4 Å². The van der Waals surface area contributed by atoms with Crippen LogP contribution in [0.15, 0.2) is 83.9 Å². The van der Waals surface area contributed by atoms with Gasteiger partial charge in [0.1, 0.15) is 17.8 Å². The first-order valence-corrected chi connectivity index (χ1v) is 15.4. The molecule has 1 fully saturated rings. The van der Waals surface area contributed by atoms with Gasteiger partial charge in [-0.25, -0.2) is 13.2 Å². The molecule has 0 radical (unpaired) electrons. The number of nitrogens with one attached hydrogen (secondary N) is 1. The number of fused-ring (bicyclic) bond motifs is 1. The van der Waals surface area contributed by atoms with Gasteiger partial charge in [0, 0.05) is 36.0 Å². The van der Waals surface area contributed by atoms with E-state index in [-0.39, 0.29) is 35.3 Å². The second-order valence-electron chi connectivity index (χ2n) is 10.4. The van der Waals surface area contributed by atoms with Gasteiger partial charge in [-0.3, -0.25) is 15.2 Å². The van der Waals surface area contributed by atoms with Crippen LogP contribution in [-0.4, -0.2) is 65.3 Å². The molecule has 0 spiro atoms. The molecule has 12 nitrogen and oxygen atoms in total. The average Bonchev–Trinajstić information content (AvgIpc) is 3.46. The van der Waals surface area contributed by atoms with Crippen LogP contribution in [0, 0.1) is 5.41 Å². The molecular weight excluding hydrogens is 641 g/mol. The number of carboxylic acid groups (broad SMARTS) is 1. The van der Waals surface area contributed by atoms with Crippen LogP contribution in [0.1, 0.15) is 35.8 Å². The number of anilines is 1. The van der Waals surface area contributed by atoms with Gasteiger partial charge in [-0.15, -0.1) is 0 Å². The second kappa shape index (κ2) is 14.0. The summed E-state index contributed by atoms with van der Waals surface area (Å²) in [6.45, 7) is 0.216. The molecule has 6 N–H and O–H groups in total. The third-order valence-corrected chi connectivity index (χ3v) is 9.06. The van der Waals surface area contributed by atoms with E-state index < -0.39 is 28.3 Å². The molecule has 1 saturated heterocycles. The van der Waals surface area contributed by atoms with Crippen LogP contribution in [-0.2, 0) is 26.2 Å². The minimum atomic E-state index is -5.08. The number of likely N-dealkylation sites (tertiary alicyclic amines) is 1. The molecule has 4 aromatic rings. The Kier molecular flexibility index (Phi) is 10.4. The second-order valence-corrected chi connectivity index (χ2v) is 12.3. The molecule has 248 valence electrons. The lowest BCUT2D eigenvalue weighted by Gasteiger charge is -2.38. The maximum absolute atomic E-state index is 14.6. The van der Waals surface area contributed by atoms with Crippen molar-refractivity contribution in [3.05, 3.63) is 95.8 Å². The molecule has 1 aliphatic rings. The Bertz CT molecular complexity index is 1910. The SMILES string of the molecule is COc1ccc2ccc(S(=O)(=O)N(Cc3ccccn3)C(c3cc(C(=N)N)ccc3N)N3CCCC3=O)cc2c1.O=C(O)C(F)(F)F. The Labute approximate surface area is 267 Å². The average molecular weight is 673 g/mol.